The number of carboxylic acid groups (broad SMARTS) is 1. The highest BCUT2D eigenvalue weighted by Gasteiger charge is 2.30. The topological polar surface area (TPSA) is 139 Å². The number of aliphatic carboxylic acids is 1. The normalized spacial score (nSPS) is 23.6. The summed E-state index contributed by atoms with van der Waals surface area (Å²) in [6.07, 6.45) is 1.55. The van der Waals surface area contributed by atoms with Gasteiger partial charge in [-0.25, -0.2) is 18.4 Å². The van der Waals surface area contributed by atoms with Gasteiger partial charge in [-0.3, -0.25) is 4.79 Å². The van der Waals surface area contributed by atoms with Crippen molar-refractivity contribution in [3.63, 3.8) is 0 Å². The number of carbonyl (C=O) groups is 2. The second-order valence-electron chi connectivity index (χ2n) is 4.31. The minimum atomic E-state index is -3.59. The van der Waals surface area contributed by atoms with Gasteiger partial charge in [0.25, 0.3) is 0 Å². The second kappa shape index (κ2) is 6.01. The monoisotopic (exact) mass is 279 g/mol. The summed E-state index contributed by atoms with van der Waals surface area (Å²) in [6.45, 7) is -0.0697. The van der Waals surface area contributed by atoms with Gasteiger partial charge in [-0.1, -0.05) is 0 Å². The first-order chi connectivity index (χ1) is 8.28. The summed E-state index contributed by atoms with van der Waals surface area (Å²) in [5, 5.41) is 18.5. The number of primary sulfonamides is 1. The Morgan fingerprint density at radius 3 is 2.50 bits per heavy atom. The number of hydrogen-bond acceptors (Lipinski definition) is 4. The number of carboxylic acids is 1. The Morgan fingerprint density at radius 2 is 2.00 bits per heavy atom. The third-order valence-electron chi connectivity index (χ3n) is 2.79. The van der Waals surface area contributed by atoms with E-state index < -0.39 is 27.9 Å². The van der Waals surface area contributed by atoms with Crippen LogP contribution in [0.15, 0.2) is 0 Å². The minimum Gasteiger partial charge on any atom is -0.481 e. The predicted octanol–water partition coefficient (Wildman–Crippen LogP) is -1.17. The van der Waals surface area contributed by atoms with Crippen molar-refractivity contribution in [2.24, 2.45) is 11.1 Å². The van der Waals surface area contributed by atoms with Crippen LogP contribution in [-0.4, -0.2) is 43.9 Å². The third kappa shape index (κ3) is 5.32. The maximum absolute atomic E-state index is 11.4. The van der Waals surface area contributed by atoms with E-state index in [0.29, 0.717) is 19.3 Å². The first-order valence-electron chi connectivity index (χ1n) is 5.55. The summed E-state index contributed by atoms with van der Waals surface area (Å²) >= 11 is 0. The van der Waals surface area contributed by atoms with Gasteiger partial charge in [0, 0.05) is 12.6 Å². The van der Waals surface area contributed by atoms with Crippen LogP contribution in [0.25, 0.3) is 0 Å². The molecule has 1 fully saturated rings. The maximum atomic E-state index is 11.4. The zero-order valence-electron chi connectivity index (χ0n) is 9.76. The van der Waals surface area contributed by atoms with Gasteiger partial charge in [-0.05, 0) is 19.3 Å². The molecule has 0 aromatic heterocycles. The molecule has 2 amide bonds. The quantitative estimate of drug-likeness (QED) is 0.502. The van der Waals surface area contributed by atoms with Crippen molar-refractivity contribution < 1.29 is 23.1 Å². The van der Waals surface area contributed by atoms with E-state index >= 15 is 0 Å². The van der Waals surface area contributed by atoms with Gasteiger partial charge < -0.3 is 15.7 Å². The number of urea groups is 1. The molecular weight excluding hydrogens is 262 g/mol. The number of hydrogen-bond donors (Lipinski definition) is 4. The molecule has 2 unspecified atom stereocenters. The highest BCUT2D eigenvalue weighted by atomic mass is 32.2. The fourth-order valence-corrected chi connectivity index (χ4v) is 2.27. The molecule has 0 aliphatic heterocycles. The Labute approximate surface area is 105 Å². The lowest BCUT2D eigenvalue weighted by Gasteiger charge is -2.13. The SMILES string of the molecule is NS(=O)(=O)CCNC(=O)NC1CCC(C(=O)O)C1. The van der Waals surface area contributed by atoms with E-state index in [1.807, 2.05) is 0 Å². The Balaban J connectivity index is 2.23. The summed E-state index contributed by atoms with van der Waals surface area (Å²) in [5.74, 6) is -1.60. The molecule has 0 saturated heterocycles. The number of nitrogens with two attached hydrogens (primary N) is 1. The first-order valence-corrected chi connectivity index (χ1v) is 7.27. The smallest absolute Gasteiger partial charge is 0.315 e. The number of rotatable bonds is 5. The average Bonchev–Trinajstić information content (AvgIpc) is 2.64. The number of sulfonamides is 1. The van der Waals surface area contributed by atoms with Gasteiger partial charge in [0.2, 0.25) is 10.0 Å². The van der Waals surface area contributed by atoms with Gasteiger partial charge in [-0.15, -0.1) is 0 Å². The molecule has 2 atom stereocenters. The third-order valence-corrected chi connectivity index (χ3v) is 3.56. The van der Waals surface area contributed by atoms with E-state index in [2.05, 4.69) is 10.6 Å². The molecule has 0 bridgehead atoms. The van der Waals surface area contributed by atoms with E-state index in [-0.39, 0.29) is 18.3 Å². The molecule has 0 aromatic carbocycles. The molecule has 1 aliphatic carbocycles. The van der Waals surface area contributed by atoms with E-state index in [4.69, 9.17) is 10.2 Å². The minimum absolute atomic E-state index is 0.0697. The van der Waals surface area contributed by atoms with Crippen LogP contribution >= 0.6 is 0 Å². The van der Waals surface area contributed by atoms with E-state index in [1.165, 1.54) is 0 Å². The molecule has 1 rings (SSSR count). The van der Waals surface area contributed by atoms with Gasteiger partial charge in [0.1, 0.15) is 0 Å². The summed E-state index contributed by atoms with van der Waals surface area (Å²) in [6, 6.07) is -0.685. The Hall–Kier alpha value is -1.35. The molecule has 0 radical (unpaired) electrons. The Bertz CT molecular complexity index is 422. The van der Waals surface area contributed by atoms with Crippen LogP contribution in [0.1, 0.15) is 19.3 Å². The zero-order chi connectivity index (χ0) is 13.8. The van der Waals surface area contributed by atoms with Crippen LogP contribution in [0.2, 0.25) is 0 Å². The molecule has 104 valence electrons. The zero-order valence-corrected chi connectivity index (χ0v) is 10.6. The van der Waals surface area contributed by atoms with Crippen molar-refractivity contribution in [1.82, 2.24) is 10.6 Å². The van der Waals surface area contributed by atoms with E-state index in [9.17, 15) is 18.0 Å². The summed E-state index contributed by atoms with van der Waals surface area (Å²) in [7, 11) is -3.59. The van der Waals surface area contributed by atoms with Gasteiger partial charge >= 0.3 is 12.0 Å². The first kappa shape index (κ1) is 14.7. The van der Waals surface area contributed by atoms with Crippen molar-refractivity contribution in [3.05, 3.63) is 0 Å². The summed E-state index contributed by atoms with van der Waals surface area (Å²) in [5.41, 5.74) is 0. The molecule has 1 aliphatic rings. The molecule has 9 heteroatoms. The van der Waals surface area contributed by atoms with Crippen LogP contribution in [0.5, 0.6) is 0 Å². The van der Waals surface area contributed by atoms with Crippen LogP contribution in [0, 0.1) is 5.92 Å². The van der Waals surface area contributed by atoms with Crippen LogP contribution in [-0.2, 0) is 14.8 Å². The summed E-state index contributed by atoms with van der Waals surface area (Å²) < 4.78 is 21.2. The van der Waals surface area contributed by atoms with Crippen LogP contribution in [0.4, 0.5) is 4.79 Å². The fourth-order valence-electron chi connectivity index (χ4n) is 1.88. The number of nitrogens with one attached hydrogen (secondary N) is 2. The van der Waals surface area contributed by atoms with Crippen molar-refractivity contribution in [1.29, 1.82) is 0 Å². The van der Waals surface area contributed by atoms with E-state index in [0.717, 1.165) is 0 Å². The van der Waals surface area contributed by atoms with Gasteiger partial charge in [0.05, 0.1) is 11.7 Å². The fraction of sp³-hybridized carbons (Fsp3) is 0.778. The second-order valence-corrected chi connectivity index (χ2v) is 6.05. The van der Waals surface area contributed by atoms with Crippen LogP contribution in [0.3, 0.4) is 0 Å². The number of carbonyl (C=O) groups excluding carboxylic acids is 1. The van der Waals surface area contributed by atoms with Crippen molar-refractivity contribution in [2.75, 3.05) is 12.3 Å². The largest absolute Gasteiger partial charge is 0.481 e. The average molecular weight is 279 g/mol. The molecule has 5 N–H and O–H groups in total. The molecule has 8 nitrogen and oxygen atoms in total. The molecule has 0 spiro atoms. The van der Waals surface area contributed by atoms with Crippen molar-refractivity contribution >= 4 is 22.0 Å². The molecule has 1 saturated carbocycles. The highest BCUT2D eigenvalue weighted by molar-refractivity contribution is 7.89. The van der Waals surface area contributed by atoms with Crippen LogP contribution < -0.4 is 15.8 Å². The van der Waals surface area contributed by atoms with Crippen molar-refractivity contribution in [2.45, 2.75) is 25.3 Å². The molecular formula is C9H17N3O5S. The van der Waals surface area contributed by atoms with Crippen molar-refractivity contribution in [3.8, 4) is 0 Å². The molecule has 0 heterocycles. The lowest BCUT2D eigenvalue weighted by molar-refractivity contribution is -0.141. The standard InChI is InChI=1S/C9H17N3O5S/c10-18(16,17)4-3-11-9(15)12-7-2-1-6(5-7)8(13)14/h6-7H,1-5H2,(H,13,14)(H2,10,16,17)(H2,11,12,15). The van der Waals surface area contributed by atoms with Gasteiger partial charge in [-0.2, -0.15) is 0 Å². The molecule has 18 heavy (non-hydrogen) atoms. The predicted molar refractivity (Wildman–Crippen MR) is 63.3 cm³/mol. The Morgan fingerprint density at radius 1 is 1.33 bits per heavy atom. The lowest BCUT2D eigenvalue weighted by Crippen LogP contribution is -2.43. The lowest BCUT2D eigenvalue weighted by atomic mass is 10.1. The number of amides is 2. The van der Waals surface area contributed by atoms with E-state index in [1.54, 1.807) is 0 Å². The molecule has 0 aromatic rings. The highest BCUT2D eigenvalue weighted by Crippen LogP contribution is 2.25. The summed E-state index contributed by atoms with van der Waals surface area (Å²) in [4.78, 5) is 22.1. The maximum Gasteiger partial charge on any atom is 0.315 e. The van der Waals surface area contributed by atoms with Gasteiger partial charge in [0.15, 0.2) is 0 Å². The Kier molecular flexibility index (Phi) is 4.91.